The van der Waals surface area contributed by atoms with Crippen LogP contribution in [-0.2, 0) is 14.6 Å². The summed E-state index contributed by atoms with van der Waals surface area (Å²) in [7, 11) is -2.82. The van der Waals surface area contributed by atoms with Gasteiger partial charge in [0.1, 0.15) is 0 Å². The summed E-state index contributed by atoms with van der Waals surface area (Å²) in [5.74, 6) is 2.03. The van der Waals surface area contributed by atoms with E-state index in [4.69, 9.17) is 9.73 Å². The van der Waals surface area contributed by atoms with Gasteiger partial charge in [-0.25, -0.2) is 8.42 Å². The number of nitrogens with one attached hydrogen (secondary N) is 2. The summed E-state index contributed by atoms with van der Waals surface area (Å²) in [6, 6.07) is 0.437. The van der Waals surface area contributed by atoms with E-state index in [0.29, 0.717) is 25.0 Å². The number of hydrogen-bond acceptors (Lipinski definition) is 6. The van der Waals surface area contributed by atoms with Crippen LogP contribution in [-0.4, -0.2) is 107 Å². The number of guanidine groups is 1. The van der Waals surface area contributed by atoms with Crippen LogP contribution in [0.5, 0.6) is 0 Å². The van der Waals surface area contributed by atoms with Gasteiger partial charge in [0.15, 0.2) is 15.8 Å². The second kappa shape index (κ2) is 14.0. The van der Waals surface area contributed by atoms with Gasteiger partial charge >= 0.3 is 0 Å². The monoisotopic (exact) mass is 545 g/mol. The highest BCUT2D eigenvalue weighted by Gasteiger charge is 2.22. The third-order valence-corrected chi connectivity index (χ3v) is 6.88. The van der Waals surface area contributed by atoms with Crippen molar-refractivity contribution >= 4 is 39.8 Å². The van der Waals surface area contributed by atoms with Crippen molar-refractivity contribution in [3.63, 3.8) is 0 Å². The zero-order chi connectivity index (χ0) is 20.4. The Morgan fingerprint density at radius 3 is 2.34 bits per heavy atom. The lowest BCUT2D eigenvalue weighted by atomic mass is 10.0. The molecule has 0 spiro atoms. The van der Waals surface area contributed by atoms with E-state index >= 15 is 0 Å². The fourth-order valence-electron chi connectivity index (χ4n) is 3.67. The third kappa shape index (κ3) is 10.6. The molecule has 0 aliphatic carbocycles. The highest BCUT2D eigenvalue weighted by Crippen LogP contribution is 2.14. The van der Waals surface area contributed by atoms with Gasteiger partial charge in [0, 0.05) is 51.9 Å². The summed E-state index contributed by atoms with van der Waals surface area (Å²) in [6.07, 6.45) is 1.13. The molecule has 0 amide bonds. The predicted octanol–water partition coefficient (Wildman–Crippen LogP) is 0.637. The van der Waals surface area contributed by atoms with Crippen LogP contribution >= 0.6 is 24.0 Å². The van der Waals surface area contributed by atoms with E-state index in [9.17, 15) is 8.42 Å². The van der Waals surface area contributed by atoms with Crippen molar-refractivity contribution in [1.29, 1.82) is 0 Å². The van der Waals surface area contributed by atoms with Gasteiger partial charge in [-0.2, -0.15) is 0 Å². The van der Waals surface area contributed by atoms with E-state index < -0.39 is 9.84 Å². The van der Waals surface area contributed by atoms with Crippen molar-refractivity contribution in [3.8, 4) is 0 Å². The minimum absolute atomic E-state index is 0. The van der Waals surface area contributed by atoms with Gasteiger partial charge in [-0.1, -0.05) is 13.8 Å². The number of hydrogen-bond donors (Lipinski definition) is 2. The maximum atomic E-state index is 11.5. The van der Waals surface area contributed by atoms with E-state index in [2.05, 4.69) is 41.2 Å². The Hall–Kier alpha value is -0.170. The van der Waals surface area contributed by atoms with E-state index in [1.54, 1.807) is 0 Å². The Labute approximate surface area is 194 Å². The van der Waals surface area contributed by atoms with Crippen molar-refractivity contribution in [1.82, 2.24) is 20.4 Å². The largest absolute Gasteiger partial charge is 0.379 e. The molecule has 0 saturated carbocycles. The summed E-state index contributed by atoms with van der Waals surface area (Å²) in [5.41, 5.74) is 0. The molecular weight excluding hydrogens is 505 g/mol. The second-order valence-electron chi connectivity index (χ2n) is 8.07. The molecular formula is C19H40IN5O3S. The molecule has 8 nitrogen and oxygen atoms in total. The van der Waals surface area contributed by atoms with Crippen LogP contribution in [0.1, 0.15) is 27.2 Å². The molecule has 0 bridgehead atoms. The van der Waals surface area contributed by atoms with Gasteiger partial charge in [0.05, 0.1) is 31.3 Å². The molecule has 172 valence electrons. The van der Waals surface area contributed by atoms with Crippen molar-refractivity contribution in [2.75, 3.05) is 77.1 Å². The van der Waals surface area contributed by atoms with Gasteiger partial charge in [-0.05, 0) is 19.3 Å². The second-order valence-corrected chi connectivity index (χ2v) is 10.4. The van der Waals surface area contributed by atoms with Crippen LogP contribution < -0.4 is 10.6 Å². The zero-order valence-electron chi connectivity index (χ0n) is 18.2. The first-order chi connectivity index (χ1) is 13.4. The Balaban J connectivity index is 0.00000420. The van der Waals surface area contributed by atoms with E-state index in [1.165, 1.54) is 0 Å². The van der Waals surface area contributed by atoms with Crippen LogP contribution in [0.15, 0.2) is 4.99 Å². The van der Waals surface area contributed by atoms with Crippen LogP contribution in [0.25, 0.3) is 0 Å². The SMILES string of the molecule is CCNC(=NCC(CC(C)C)N1CCOCC1)NCCN1CCS(=O)(=O)CC1.I. The lowest BCUT2D eigenvalue weighted by molar-refractivity contribution is 0.0143. The van der Waals surface area contributed by atoms with Gasteiger partial charge < -0.3 is 15.4 Å². The number of nitrogens with zero attached hydrogens (tertiary/aromatic N) is 3. The van der Waals surface area contributed by atoms with Crippen molar-refractivity contribution in [2.24, 2.45) is 10.9 Å². The molecule has 0 aromatic heterocycles. The number of sulfone groups is 1. The van der Waals surface area contributed by atoms with Crippen LogP contribution in [0.2, 0.25) is 0 Å². The first kappa shape index (κ1) is 26.9. The van der Waals surface area contributed by atoms with Crippen LogP contribution in [0, 0.1) is 5.92 Å². The van der Waals surface area contributed by atoms with E-state index in [-0.39, 0.29) is 35.5 Å². The molecule has 10 heteroatoms. The predicted molar refractivity (Wildman–Crippen MR) is 130 cm³/mol. The molecule has 0 aromatic carbocycles. The summed E-state index contributed by atoms with van der Waals surface area (Å²) in [6.45, 7) is 14.6. The molecule has 1 unspecified atom stereocenters. The fourth-order valence-corrected chi connectivity index (χ4v) is 4.95. The van der Waals surface area contributed by atoms with Gasteiger partial charge in [0.25, 0.3) is 0 Å². The smallest absolute Gasteiger partial charge is 0.191 e. The molecule has 2 rings (SSSR count). The molecule has 2 saturated heterocycles. The number of ether oxygens (including phenoxy) is 1. The topological polar surface area (TPSA) is 86.3 Å². The standard InChI is InChI=1S/C19H39N5O3S.HI/c1-4-20-19(21-5-6-23-9-13-28(25,26)14-10-23)22-16-18(15-17(2)3)24-7-11-27-12-8-24;/h17-18H,4-16H2,1-3H3,(H2,20,21,22);1H. The summed E-state index contributed by atoms with van der Waals surface area (Å²) < 4.78 is 28.6. The maximum Gasteiger partial charge on any atom is 0.191 e. The highest BCUT2D eigenvalue weighted by atomic mass is 127. The number of aliphatic imine (C=N–C) groups is 1. The quantitative estimate of drug-likeness (QED) is 0.250. The molecule has 1 atom stereocenters. The fraction of sp³-hybridized carbons (Fsp3) is 0.947. The number of halogens is 1. The average molecular weight is 546 g/mol. The van der Waals surface area contributed by atoms with Crippen LogP contribution in [0.4, 0.5) is 0 Å². The molecule has 29 heavy (non-hydrogen) atoms. The molecule has 2 aliphatic rings. The molecule has 2 aliphatic heterocycles. The Morgan fingerprint density at radius 1 is 1.10 bits per heavy atom. The Kier molecular flexibility index (Phi) is 13.0. The Morgan fingerprint density at radius 2 is 1.76 bits per heavy atom. The molecule has 2 fully saturated rings. The van der Waals surface area contributed by atoms with E-state index in [1.807, 2.05) is 0 Å². The number of morpholine rings is 1. The van der Waals surface area contributed by atoms with E-state index in [0.717, 1.165) is 64.9 Å². The summed E-state index contributed by atoms with van der Waals surface area (Å²) in [4.78, 5) is 9.55. The minimum Gasteiger partial charge on any atom is -0.379 e. The third-order valence-electron chi connectivity index (χ3n) is 5.27. The van der Waals surface area contributed by atoms with Crippen molar-refractivity contribution in [2.45, 2.75) is 33.2 Å². The van der Waals surface area contributed by atoms with Crippen LogP contribution in [0.3, 0.4) is 0 Å². The first-order valence-electron chi connectivity index (χ1n) is 10.7. The molecule has 2 N–H and O–H groups in total. The summed E-state index contributed by atoms with van der Waals surface area (Å²) >= 11 is 0. The average Bonchev–Trinajstić information content (AvgIpc) is 2.66. The maximum absolute atomic E-state index is 11.5. The normalized spacial score (nSPS) is 22.1. The van der Waals surface area contributed by atoms with Crippen molar-refractivity contribution < 1.29 is 13.2 Å². The molecule has 0 aromatic rings. The number of rotatable bonds is 9. The molecule has 0 radical (unpaired) electrons. The first-order valence-corrected chi connectivity index (χ1v) is 12.5. The lowest BCUT2D eigenvalue weighted by Gasteiger charge is -2.34. The highest BCUT2D eigenvalue weighted by molar-refractivity contribution is 14.0. The van der Waals surface area contributed by atoms with Gasteiger partial charge in [-0.3, -0.25) is 14.8 Å². The lowest BCUT2D eigenvalue weighted by Crippen LogP contribution is -2.47. The minimum atomic E-state index is -2.82. The zero-order valence-corrected chi connectivity index (χ0v) is 21.4. The van der Waals surface area contributed by atoms with Crippen molar-refractivity contribution in [3.05, 3.63) is 0 Å². The van der Waals surface area contributed by atoms with Gasteiger partial charge in [-0.15, -0.1) is 24.0 Å². The Bertz CT molecular complexity index is 568. The molecule has 2 heterocycles. The van der Waals surface area contributed by atoms with Gasteiger partial charge in [0.2, 0.25) is 0 Å². The summed E-state index contributed by atoms with van der Waals surface area (Å²) in [5, 5.41) is 6.73.